The van der Waals surface area contributed by atoms with Gasteiger partial charge in [0.05, 0.1) is 23.3 Å². The first kappa shape index (κ1) is 11.1. The Hall–Kier alpha value is -2.01. The Bertz CT molecular complexity index is 685. The summed E-state index contributed by atoms with van der Waals surface area (Å²) < 4.78 is 1.71. The molecule has 0 amide bonds. The van der Waals surface area contributed by atoms with Crippen molar-refractivity contribution in [2.24, 2.45) is 7.05 Å². The molecule has 92 valence electrons. The number of anilines is 1. The Morgan fingerprint density at radius 1 is 1.44 bits per heavy atom. The fourth-order valence-corrected chi connectivity index (χ4v) is 2.11. The summed E-state index contributed by atoms with van der Waals surface area (Å²) in [5, 5.41) is 16.2. The van der Waals surface area contributed by atoms with E-state index in [4.69, 9.17) is 11.6 Å². The molecule has 0 saturated heterocycles. The molecule has 6 heteroatoms. The number of aromatic amines is 1. The van der Waals surface area contributed by atoms with Gasteiger partial charge in [-0.2, -0.15) is 10.2 Å². The normalized spacial score (nSPS) is 11.0. The van der Waals surface area contributed by atoms with Crippen LogP contribution >= 0.6 is 11.6 Å². The van der Waals surface area contributed by atoms with Crippen LogP contribution in [-0.4, -0.2) is 20.0 Å². The van der Waals surface area contributed by atoms with Crippen molar-refractivity contribution in [3.63, 3.8) is 0 Å². The molecule has 0 saturated carbocycles. The first-order chi connectivity index (χ1) is 8.72. The number of nitrogens with one attached hydrogen (secondary N) is 2. The lowest BCUT2D eigenvalue weighted by Crippen LogP contribution is -2.01. The van der Waals surface area contributed by atoms with Crippen LogP contribution in [0.5, 0.6) is 0 Å². The highest BCUT2D eigenvalue weighted by Gasteiger charge is 2.05. The van der Waals surface area contributed by atoms with Crippen LogP contribution in [0.15, 0.2) is 30.6 Å². The molecule has 1 aromatic carbocycles. The molecule has 0 spiro atoms. The zero-order valence-electron chi connectivity index (χ0n) is 9.81. The van der Waals surface area contributed by atoms with Crippen LogP contribution in [0.1, 0.15) is 5.69 Å². The topological polar surface area (TPSA) is 58.5 Å². The van der Waals surface area contributed by atoms with E-state index in [1.807, 2.05) is 25.2 Å². The molecular formula is C12H12ClN5. The molecule has 3 aromatic rings. The van der Waals surface area contributed by atoms with Gasteiger partial charge < -0.3 is 5.32 Å². The fourth-order valence-electron chi connectivity index (χ4n) is 1.86. The van der Waals surface area contributed by atoms with Crippen molar-refractivity contribution in [3.8, 4) is 0 Å². The predicted molar refractivity (Wildman–Crippen MR) is 71.6 cm³/mol. The Morgan fingerprint density at radius 2 is 2.33 bits per heavy atom. The lowest BCUT2D eigenvalue weighted by atomic mass is 10.2. The van der Waals surface area contributed by atoms with Gasteiger partial charge in [-0.15, -0.1) is 0 Å². The monoisotopic (exact) mass is 261 g/mol. The maximum atomic E-state index is 6.05. The zero-order chi connectivity index (χ0) is 12.5. The maximum Gasteiger partial charge on any atom is 0.100 e. The summed E-state index contributed by atoms with van der Waals surface area (Å²) >= 11 is 6.05. The molecule has 2 aromatic heterocycles. The smallest absolute Gasteiger partial charge is 0.100 e. The summed E-state index contributed by atoms with van der Waals surface area (Å²) in [6, 6.07) is 6.03. The fraction of sp³-hybridized carbons (Fsp3) is 0.167. The molecule has 0 aliphatic rings. The second-order valence-corrected chi connectivity index (χ2v) is 4.53. The Kier molecular flexibility index (Phi) is 2.68. The van der Waals surface area contributed by atoms with Crippen LogP contribution in [0.4, 0.5) is 5.69 Å². The number of hydrogen-bond donors (Lipinski definition) is 2. The number of aromatic nitrogens is 4. The van der Waals surface area contributed by atoms with Crippen LogP contribution in [0.3, 0.4) is 0 Å². The Balaban J connectivity index is 1.78. The second-order valence-electron chi connectivity index (χ2n) is 4.12. The molecule has 0 unspecified atom stereocenters. The molecule has 0 atom stereocenters. The highest BCUT2D eigenvalue weighted by molar-refractivity contribution is 6.31. The molecule has 2 N–H and O–H groups in total. The SMILES string of the molecule is Cn1cc(Cl)c(CNc2ccc3[nH]ncc3c2)n1. The molecular weight excluding hydrogens is 250 g/mol. The van der Waals surface area contributed by atoms with Crippen molar-refractivity contribution in [1.29, 1.82) is 0 Å². The second kappa shape index (κ2) is 4.34. The van der Waals surface area contributed by atoms with Gasteiger partial charge in [-0.25, -0.2) is 0 Å². The van der Waals surface area contributed by atoms with Crippen molar-refractivity contribution in [2.45, 2.75) is 6.54 Å². The standard InChI is InChI=1S/C12H12ClN5/c1-18-7-10(13)12(17-18)6-14-9-2-3-11-8(4-9)5-15-16-11/h2-5,7,14H,6H2,1H3,(H,15,16). The Labute approximate surface area is 109 Å². The van der Waals surface area contributed by atoms with Crippen molar-refractivity contribution in [2.75, 3.05) is 5.32 Å². The first-order valence-corrected chi connectivity index (χ1v) is 5.95. The summed E-state index contributed by atoms with van der Waals surface area (Å²) in [5.74, 6) is 0. The number of H-pyrrole nitrogens is 1. The van der Waals surface area contributed by atoms with Crippen molar-refractivity contribution < 1.29 is 0 Å². The minimum absolute atomic E-state index is 0.600. The van der Waals surface area contributed by atoms with Gasteiger partial charge >= 0.3 is 0 Å². The average Bonchev–Trinajstić information content (AvgIpc) is 2.92. The number of aryl methyl sites for hydroxylation is 1. The van der Waals surface area contributed by atoms with E-state index in [9.17, 15) is 0 Å². The Morgan fingerprint density at radius 3 is 3.11 bits per heavy atom. The van der Waals surface area contributed by atoms with Gasteiger partial charge in [0, 0.05) is 24.3 Å². The molecule has 0 radical (unpaired) electrons. The van der Waals surface area contributed by atoms with Crippen LogP contribution in [0.2, 0.25) is 5.02 Å². The predicted octanol–water partition coefficient (Wildman–Crippen LogP) is 2.56. The van der Waals surface area contributed by atoms with Gasteiger partial charge in [0.2, 0.25) is 0 Å². The average molecular weight is 262 g/mol. The van der Waals surface area contributed by atoms with E-state index >= 15 is 0 Å². The highest BCUT2D eigenvalue weighted by atomic mass is 35.5. The maximum absolute atomic E-state index is 6.05. The molecule has 2 heterocycles. The highest BCUT2D eigenvalue weighted by Crippen LogP contribution is 2.19. The quantitative estimate of drug-likeness (QED) is 0.762. The van der Waals surface area contributed by atoms with E-state index in [0.29, 0.717) is 11.6 Å². The minimum Gasteiger partial charge on any atom is -0.379 e. The van der Waals surface area contributed by atoms with Gasteiger partial charge in [-0.1, -0.05) is 11.6 Å². The van der Waals surface area contributed by atoms with E-state index in [-0.39, 0.29) is 0 Å². The van der Waals surface area contributed by atoms with Crippen molar-refractivity contribution in [1.82, 2.24) is 20.0 Å². The third kappa shape index (κ3) is 2.04. The van der Waals surface area contributed by atoms with Crippen LogP contribution < -0.4 is 5.32 Å². The number of rotatable bonds is 3. The van der Waals surface area contributed by atoms with Crippen LogP contribution in [0, 0.1) is 0 Å². The third-order valence-corrected chi connectivity index (χ3v) is 3.07. The summed E-state index contributed by atoms with van der Waals surface area (Å²) in [6.45, 7) is 0.600. The molecule has 18 heavy (non-hydrogen) atoms. The van der Waals surface area contributed by atoms with Gasteiger partial charge in [-0.3, -0.25) is 9.78 Å². The van der Waals surface area contributed by atoms with E-state index in [0.717, 1.165) is 22.3 Å². The van der Waals surface area contributed by atoms with Crippen molar-refractivity contribution >= 4 is 28.2 Å². The lowest BCUT2D eigenvalue weighted by molar-refractivity contribution is 0.747. The van der Waals surface area contributed by atoms with Crippen LogP contribution in [0.25, 0.3) is 10.9 Å². The summed E-state index contributed by atoms with van der Waals surface area (Å²) in [5.41, 5.74) is 2.88. The molecule has 3 rings (SSSR count). The van der Waals surface area contributed by atoms with Crippen LogP contribution in [-0.2, 0) is 13.6 Å². The number of fused-ring (bicyclic) bond motifs is 1. The minimum atomic E-state index is 0.600. The summed E-state index contributed by atoms with van der Waals surface area (Å²) in [6.07, 6.45) is 3.59. The molecule has 0 fully saturated rings. The van der Waals surface area contributed by atoms with Gasteiger partial charge in [0.25, 0.3) is 0 Å². The van der Waals surface area contributed by atoms with E-state index in [1.165, 1.54) is 0 Å². The lowest BCUT2D eigenvalue weighted by Gasteiger charge is -2.04. The van der Waals surface area contributed by atoms with Crippen molar-refractivity contribution in [3.05, 3.63) is 41.3 Å². The number of nitrogens with zero attached hydrogens (tertiary/aromatic N) is 3. The molecule has 5 nitrogen and oxygen atoms in total. The number of hydrogen-bond acceptors (Lipinski definition) is 3. The number of halogens is 1. The van der Waals surface area contributed by atoms with Gasteiger partial charge in [-0.05, 0) is 18.2 Å². The molecule has 0 aliphatic carbocycles. The summed E-state index contributed by atoms with van der Waals surface area (Å²) in [7, 11) is 1.85. The van der Waals surface area contributed by atoms with E-state index in [2.05, 4.69) is 20.6 Å². The van der Waals surface area contributed by atoms with E-state index < -0.39 is 0 Å². The largest absolute Gasteiger partial charge is 0.379 e. The first-order valence-electron chi connectivity index (χ1n) is 5.57. The van der Waals surface area contributed by atoms with Gasteiger partial charge in [0.1, 0.15) is 5.69 Å². The zero-order valence-corrected chi connectivity index (χ0v) is 10.6. The molecule has 0 aliphatic heterocycles. The van der Waals surface area contributed by atoms with Gasteiger partial charge in [0.15, 0.2) is 0 Å². The number of benzene rings is 1. The third-order valence-electron chi connectivity index (χ3n) is 2.75. The summed E-state index contributed by atoms with van der Waals surface area (Å²) in [4.78, 5) is 0. The molecule has 0 bridgehead atoms. The van der Waals surface area contributed by atoms with E-state index in [1.54, 1.807) is 17.1 Å².